The van der Waals surface area contributed by atoms with Crippen molar-refractivity contribution in [3.63, 3.8) is 0 Å². The Morgan fingerprint density at radius 3 is 2.73 bits per heavy atom. The molecule has 0 saturated carbocycles. The molecule has 1 aromatic rings. The zero-order valence-electron chi connectivity index (χ0n) is 6.45. The molecule has 0 aliphatic rings. The molecule has 0 aliphatic heterocycles. The maximum Gasteiger partial charge on any atom is 0.292 e. The quantitative estimate of drug-likeness (QED) is 0.680. The predicted octanol–water partition coefficient (Wildman–Crippen LogP) is 0.571. The molecular weight excluding hydrogens is 195 g/mol. The molecule has 1 heterocycles. The van der Waals surface area contributed by atoms with Crippen molar-refractivity contribution in [2.24, 2.45) is 0 Å². The smallest absolute Gasteiger partial charge is 0.292 e. The summed E-state index contributed by atoms with van der Waals surface area (Å²) in [6.07, 6.45) is 1.64. The second kappa shape index (κ2) is 4.29. The van der Waals surface area contributed by atoms with E-state index in [9.17, 15) is 4.79 Å². The fraction of sp³-hybridized carbons (Fsp3) is 0.286. The Labute approximate surface area is 77.4 Å². The molecule has 0 spiro atoms. The van der Waals surface area contributed by atoms with Gasteiger partial charge in [-0.3, -0.25) is 4.79 Å². The van der Waals surface area contributed by atoms with Crippen LogP contribution in [0.3, 0.4) is 0 Å². The predicted molar refractivity (Wildman–Crippen MR) is 38.0 cm³/mol. The molecule has 0 radical (unpaired) electrons. The summed E-state index contributed by atoms with van der Waals surface area (Å²) in [5.41, 5.74) is -0.329. The molecular formula is C7H9NO2Zn. The summed E-state index contributed by atoms with van der Waals surface area (Å²) >= 11 is 0. The third kappa shape index (κ3) is 2.16. The number of aryl methyl sites for hydroxylation is 1. The molecule has 0 atom stereocenters. The van der Waals surface area contributed by atoms with Gasteiger partial charge in [-0.25, -0.2) is 0 Å². The van der Waals surface area contributed by atoms with Gasteiger partial charge in [0.2, 0.25) is 0 Å². The van der Waals surface area contributed by atoms with Crippen molar-refractivity contribution < 1.29 is 24.6 Å². The molecule has 0 unspecified atom stereocenters. The molecule has 1 N–H and O–H groups in total. The van der Waals surface area contributed by atoms with Crippen molar-refractivity contribution in [3.8, 4) is 5.75 Å². The van der Waals surface area contributed by atoms with Gasteiger partial charge in [0.1, 0.15) is 0 Å². The van der Waals surface area contributed by atoms with Gasteiger partial charge in [-0.15, -0.1) is 0 Å². The Morgan fingerprint density at radius 1 is 1.64 bits per heavy atom. The van der Waals surface area contributed by atoms with Crippen LogP contribution >= 0.6 is 0 Å². The second-order valence-corrected chi connectivity index (χ2v) is 1.98. The standard InChI is InChI=1S/C7H9NO2.Zn/c1-2-8-5-3-4-6(9)7(8)10;/h3-5,9H,2H2,1H3;. The number of nitrogens with zero attached hydrogens (tertiary/aromatic N) is 1. The van der Waals surface area contributed by atoms with E-state index in [2.05, 4.69) is 0 Å². The van der Waals surface area contributed by atoms with Gasteiger partial charge in [0.05, 0.1) is 0 Å². The average Bonchev–Trinajstić information content (AvgIpc) is 1.95. The molecule has 1 aromatic heterocycles. The number of hydrogen-bond donors (Lipinski definition) is 1. The first-order valence-corrected chi connectivity index (χ1v) is 3.14. The van der Waals surface area contributed by atoms with Crippen LogP contribution < -0.4 is 5.56 Å². The Hall–Kier alpha value is -0.627. The van der Waals surface area contributed by atoms with E-state index in [-0.39, 0.29) is 30.8 Å². The molecule has 56 valence electrons. The minimum Gasteiger partial charge on any atom is -0.503 e. The van der Waals surface area contributed by atoms with E-state index < -0.39 is 0 Å². The van der Waals surface area contributed by atoms with Crippen LogP contribution in [0, 0.1) is 0 Å². The molecule has 11 heavy (non-hydrogen) atoms. The van der Waals surface area contributed by atoms with Crippen molar-refractivity contribution in [2.45, 2.75) is 13.5 Å². The number of pyridine rings is 1. The van der Waals surface area contributed by atoms with Crippen LogP contribution in [0.4, 0.5) is 0 Å². The molecule has 0 saturated heterocycles. The normalized spacial score (nSPS) is 8.82. The summed E-state index contributed by atoms with van der Waals surface area (Å²) in [5.74, 6) is -0.190. The minimum atomic E-state index is -0.329. The Balaban J connectivity index is 0.000001000. The molecule has 4 heteroatoms. The Morgan fingerprint density at radius 2 is 2.27 bits per heavy atom. The third-order valence-corrected chi connectivity index (χ3v) is 1.34. The number of rotatable bonds is 1. The van der Waals surface area contributed by atoms with Crippen molar-refractivity contribution in [1.82, 2.24) is 4.57 Å². The first-order valence-electron chi connectivity index (χ1n) is 3.14. The fourth-order valence-electron chi connectivity index (χ4n) is 0.773. The number of aromatic nitrogens is 1. The molecule has 0 aliphatic carbocycles. The van der Waals surface area contributed by atoms with E-state index >= 15 is 0 Å². The summed E-state index contributed by atoms with van der Waals surface area (Å²) < 4.78 is 1.44. The van der Waals surface area contributed by atoms with Crippen molar-refractivity contribution in [1.29, 1.82) is 0 Å². The fourth-order valence-corrected chi connectivity index (χ4v) is 0.773. The van der Waals surface area contributed by atoms with Gasteiger partial charge in [-0.1, -0.05) is 0 Å². The van der Waals surface area contributed by atoms with E-state index in [0.717, 1.165) is 0 Å². The molecule has 0 amide bonds. The SMILES string of the molecule is CCn1cccc(O)c1=O.[Zn]. The van der Waals surface area contributed by atoms with Crippen molar-refractivity contribution in [2.75, 3.05) is 0 Å². The average molecular weight is 205 g/mol. The van der Waals surface area contributed by atoms with Crippen molar-refractivity contribution >= 4 is 0 Å². The van der Waals surface area contributed by atoms with Crippen LogP contribution in [0.1, 0.15) is 6.92 Å². The molecule has 0 bridgehead atoms. The monoisotopic (exact) mass is 203 g/mol. The van der Waals surface area contributed by atoms with Gasteiger partial charge in [0, 0.05) is 32.2 Å². The maximum absolute atomic E-state index is 10.9. The largest absolute Gasteiger partial charge is 0.503 e. The molecule has 3 nitrogen and oxygen atoms in total. The Kier molecular flexibility index (Phi) is 4.05. The van der Waals surface area contributed by atoms with Gasteiger partial charge in [0.25, 0.3) is 5.56 Å². The van der Waals surface area contributed by atoms with Crippen LogP contribution in [0.15, 0.2) is 23.1 Å². The third-order valence-electron chi connectivity index (χ3n) is 1.34. The summed E-state index contributed by atoms with van der Waals surface area (Å²) in [7, 11) is 0. The topological polar surface area (TPSA) is 42.2 Å². The molecule has 0 fully saturated rings. The van der Waals surface area contributed by atoms with Crippen molar-refractivity contribution in [3.05, 3.63) is 28.7 Å². The summed E-state index contributed by atoms with van der Waals surface area (Å²) in [6, 6.07) is 3.02. The number of hydrogen-bond acceptors (Lipinski definition) is 2. The van der Waals surface area contributed by atoms with E-state index in [1.54, 1.807) is 12.3 Å². The Bertz CT molecular complexity index is 282. The number of aromatic hydroxyl groups is 1. The summed E-state index contributed by atoms with van der Waals surface area (Å²) in [4.78, 5) is 10.9. The van der Waals surface area contributed by atoms with Gasteiger partial charge in [-0.2, -0.15) is 0 Å². The zero-order chi connectivity index (χ0) is 7.56. The zero-order valence-corrected chi connectivity index (χ0v) is 9.42. The van der Waals surface area contributed by atoms with E-state index in [0.29, 0.717) is 6.54 Å². The van der Waals surface area contributed by atoms with Gasteiger partial charge in [-0.05, 0) is 19.1 Å². The maximum atomic E-state index is 10.9. The van der Waals surface area contributed by atoms with E-state index in [4.69, 9.17) is 5.11 Å². The van der Waals surface area contributed by atoms with Crippen LogP contribution in [-0.4, -0.2) is 9.67 Å². The first-order chi connectivity index (χ1) is 4.75. The van der Waals surface area contributed by atoms with Gasteiger partial charge < -0.3 is 9.67 Å². The van der Waals surface area contributed by atoms with E-state index in [1.165, 1.54) is 10.6 Å². The molecule has 1 rings (SSSR count). The van der Waals surface area contributed by atoms with Crippen LogP contribution in [-0.2, 0) is 26.0 Å². The molecule has 0 aromatic carbocycles. The van der Waals surface area contributed by atoms with Crippen LogP contribution in [0.2, 0.25) is 0 Å². The van der Waals surface area contributed by atoms with E-state index in [1.807, 2.05) is 6.92 Å². The minimum absolute atomic E-state index is 0. The van der Waals surface area contributed by atoms with Gasteiger partial charge >= 0.3 is 0 Å². The van der Waals surface area contributed by atoms with Crippen LogP contribution in [0.25, 0.3) is 0 Å². The van der Waals surface area contributed by atoms with Gasteiger partial charge in [0.15, 0.2) is 5.75 Å². The second-order valence-electron chi connectivity index (χ2n) is 1.98. The summed E-state index contributed by atoms with van der Waals surface area (Å²) in [5, 5.41) is 8.90. The first kappa shape index (κ1) is 10.4. The summed E-state index contributed by atoms with van der Waals surface area (Å²) in [6.45, 7) is 2.44. The van der Waals surface area contributed by atoms with Crippen LogP contribution in [0.5, 0.6) is 5.75 Å².